The van der Waals surface area contributed by atoms with Crippen LogP contribution in [0.4, 0.5) is 43.9 Å². The predicted molar refractivity (Wildman–Crippen MR) is 77.9 cm³/mol. The second kappa shape index (κ2) is 7.33. The van der Waals surface area contributed by atoms with Gasteiger partial charge in [0.1, 0.15) is 23.3 Å². The lowest BCUT2D eigenvalue weighted by Gasteiger charge is -2.37. The highest BCUT2D eigenvalue weighted by Gasteiger charge is 2.34. The summed E-state index contributed by atoms with van der Waals surface area (Å²) in [6.45, 7) is -2.51. The Kier molecular flexibility index (Phi) is 5.37. The van der Waals surface area contributed by atoms with Crippen LogP contribution in [0.15, 0.2) is 0 Å². The van der Waals surface area contributed by atoms with Gasteiger partial charge in [0.15, 0.2) is 34.9 Å². The largest absolute Gasteiger partial charge is 0.207 e. The Morgan fingerprint density at radius 1 is 0.393 bits per heavy atom. The molecule has 2 aromatic carbocycles. The summed E-state index contributed by atoms with van der Waals surface area (Å²) < 4.78 is 138. The molecule has 11 heteroatoms. The van der Waals surface area contributed by atoms with E-state index in [1.54, 1.807) is 0 Å². The molecular weight excluding hydrogens is 405 g/mol. The standard InChI is InChI=1S/C17H4BF10/c19-8-6(9(20)13(24)16(27)12(8)23)18(5-3-1-2-4-5)7-10(21)14(25)17(28)15(26)11(7)22/h1-4H/q-1. The highest BCUT2D eigenvalue weighted by molar-refractivity contribution is 6.90. The van der Waals surface area contributed by atoms with E-state index in [1.165, 1.54) is 12.8 Å². The van der Waals surface area contributed by atoms with Crippen LogP contribution in [-0.2, 0) is 0 Å². The molecule has 0 N–H and O–H groups in total. The Morgan fingerprint density at radius 3 is 0.929 bits per heavy atom. The van der Waals surface area contributed by atoms with E-state index in [4.69, 9.17) is 0 Å². The summed E-state index contributed by atoms with van der Waals surface area (Å²) >= 11 is 0. The van der Waals surface area contributed by atoms with Crippen LogP contribution in [0.3, 0.4) is 0 Å². The second-order valence-electron chi connectivity index (χ2n) is 5.62. The van der Waals surface area contributed by atoms with Gasteiger partial charge in [-0.3, -0.25) is 0 Å². The molecule has 0 bridgehead atoms. The minimum absolute atomic E-state index is 0.466. The summed E-state index contributed by atoms with van der Waals surface area (Å²) in [6.07, 6.45) is 4.25. The first-order chi connectivity index (χ1) is 13.1. The van der Waals surface area contributed by atoms with Crippen molar-refractivity contribution in [2.75, 3.05) is 0 Å². The quantitative estimate of drug-likeness (QED) is 0.315. The molecular formula is C17H4BF10-. The van der Waals surface area contributed by atoms with E-state index in [-0.39, 0.29) is 0 Å². The maximum atomic E-state index is 14.2. The van der Waals surface area contributed by atoms with Crippen molar-refractivity contribution >= 4 is 17.6 Å². The molecule has 0 atom stereocenters. The topological polar surface area (TPSA) is 0 Å². The highest BCUT2D eigenvalue weighted by Crippen LogP contribution is 2.30. The summed E-state index contributed by atoms with van der Waals surface area (Å²) in [5, 5.41) is 0. The Bertz CT molecular complexity index is 824. The fourth-order valence-corrected chi connectivity index (χ4v) is 2.81. The number of hydrogen-bond donors (Lipinski definition) is 0. The van der Waals surface area contributed by atoms with Crippen LogP contribution < -0.4 is 10.9 Å². The van der Waals surface area contributed by atoms with Gasteiger partial charge in [-0.25, -0.2) is 43.9 Å². The first kappa shape index (κ1) is 20.5. The molecule has 6 radical (unpaired) electrons. The molecule has 146 valence electrons. The molecule has 28 heavy (non-hydrogen) atoms. The summed E-state index contributed by atoms with van der Waals surface area (Å²) in [5.74, 6) is -25.2. The zero-order valence-corrected chi connectivity index (χ0v) is 13.2. The lowest BCUT2D eigenvalue weighted by atomic mass is 9.32. The van der Waals surface area contributed by atoms with Crippen LogP contribution in [0, 0.1) is 89.7 Å². The van der Waals surface area contributed by atoms with E-state index in [2.05, 4.69) is 0 Å². The minimum Gasteiger partial charge on any atom is -0.207 e. The van der Waals surface area contributed by atoms with Gasteiger partial charge in [-0.15, -0.1) is 0 Å². The zero-order chi connectivity index (χ0) is 20.9. The fourth-order valence-electron chi connectivity index (χ4n) is 2.81. The predicted octanol–water partition coefficient (Wildman–Crippen LogP) is 3.63. The molecule has 0 nitrogen and oxygen atoms in total. The van der Waals surface area contributed by atoms with Crippen LogP contribution >= 0.6 is 0 Å². The van der Waals surface area contributed by atoms with Crippen molar-refractivity contribution in [2.45, 2.75) is 0 Å². The van der Waals surface area contributed by atoms with Gasteiger partial charge in [0, 0.05) is 0 Å². The lowest BCUT2D eigenvalue weighted by Crippen LogP contribution is -2.54. The SMILES string of the molecule is Fc1c(F)c(F)c([B-]([C]2[CH][CH][CH][CH]2)c2c(F)c(F)c(F)c(F)c2F)c(F)c1F. The van der Waals surface area contributed by atoms with Gasteiger partial charge < -0.3 is 0 Å². The highest BCUT2D eigenvalue weighted by atomic mass is 19.2. The first-order valence-electron chi connectivity index (χ1n) is 7.33. The molecule has 1 fully saturated rings. The Morgan fingerprint density at radius 2 is 0.643 bits per heavy atom. The minimum atomic E-state index is -2.54. The average Bonchev–Trinajstić information content (AvgIpc) is 3.21. The van der Waals surface area contributed by atoms with Crippen LogP contribution in [0.1, 0.15) is 0 Å². The van der Waals surface area contributed by atoms with E-state index in [0.717, 1.165) is 12.8 Å². The normalized spacial score (nSPS) is 15.1. The maximum absolute atomic E-state index is 14.2. The summed E-state index contributed by atoms with van der Waals surface area (Å²) in [7, 11) is 0. The molecule has 1 aliphatic rings. The van der Waals surface area contributed by atoms with Gasteiger partial charge in [-0.1, -0.05) is 12.8 Å². The third kappa shape index (κ3) is 2.95. The number of benzene rings is 2. The summed E-state index contributed by atoms with van der Waals surface area (Å²) in [4.78, 5) is 0. The monoisotopic (exact) mass is 409 g/mol. The third-order valence-electron chi connectivity index (χ3n) is 4.09. The van der Waals surface area contributed by atoms with Crippen LogP contribution in [0.2, 0.25) is 0 Å². The van der Waals surface area contributed by atoms with Crippen molar-refractivity contribution in [2.24, 2.45) is 0 Å². The molecule has 3 rings (SSSR count). The van der Waals surface area contributed by atoms with Crippen molar-refractivity contribution < 1.29 is 43.9 Å². The average molecular weight is 409 g/mol. The maximum Gasteiger partial charge on any atom is 0.200 e. The van der Waals surface area contributed by atoms with Crippen molar-refractivity contribution in [3.63, 3.8) is 0 Å². The van der Waals surface area contributed by atoms with Gasteiger partial charge in [-0.2, -0.15) is 16.7 Å². The molecule has 0 saturated heterocycles. The van der Waals surface area contributed by atoms with Gasteiger partial charge in [0.25, 0.3) is 0 Å². The summed E-state index contributed by atoms with van der Waals surface area (Å²) in [6, 6.07) is 0. The summed E-state index contributed by atoms with van der Waals surface area (Å²) in [5.41, 5.74) is -3.52. The zero-order valence-electron chi connectivity index (χ0n) is 13.2. The molecule has 0 aliphatic heterocycles. The van der Waals surface area contributed by atoms with Crippen molar-refractivity contribution in [3.05, 3.63) is 89.7 Å². The van der Waals surface area contributed by atoms with Crippen LogP contribution in [0.5, 0.6) is 0 Å². The van der Waals surface area contributed by atoms with Gasteiger partial charge in [0.2, 0.25) is 0 Å². The van der Waals surface area contributed by atoms with Crippen LogP contribution in [-0.4, -0.2) is 6.71 Å². The lowest BCUT2D eigenvalue weighted by molar-refractivity contribution is 0.382. The van der Waals surface area contributed by atoms with Crippen molar-refractivity contribution in [3.8, 4) is 0 Å². The van der Waals surface area contributed by atoms with E-state index in [1.807, 2.05) is 0 Å². The molecule has 0 heterocycles. The van der Waals surface area contributed by atoms with E-state index in [0.29, 0.717) is 0 Å². The van der Waals surface area contributed by atoms with Gasteiger partial charge >= 0.3 is 0 Å². The number of halogens is 10. The van der Waals surface area contributed by atoms with E-state index in [9.17, 15) is 43.9 Å². The molecule has 1 saturated carbocycles. The second-order valence-corrected chi connectivity index (χ2v) is 5.62. The molecule has 0 amide bonds. The van der Waals surface area contributed by atoms with E-state index >= 15 is 0 Å². The Hall–Kier alpha value is -2.20. The molecule has 0 unspecified atom stereocenters. The Labute approximate surface area is 152 Å². The van der Waals surface area contributed by atoms with Crippen molar-refractivity contribution in [1.82, 2.24) is 0 Å². The van der Waals surface area contributed by atoms with Gasteiger partial charge in [0.05, 0.1) is 0 Å². The molecule has 0 aromatic heterocycles. The Balaban J connectivity index is 2.40. The smallest absolute Gasteiger partial charge is 0.200 e. The van der Waals surface area contributed by atoms with Crippen molar-refractivity contribution in [1.29, 1.82) is 0 Å². The number of rotatable bonds is 3. The molecule has 0 spiro atoms. The molecule has 1 aliphatic carbocycles. The first-order valence-corrected chi connectivity index (χ1v) is 7.33. The van der Waals surface area contributed by atoms with E-state index < -0.39 is 81.6 Å². The van der Waals surface area contributed by atoms with Crippen LogP contribution in [0.25, 0.3) is 0 Å². The molecule has 2 aromatic rings. The fraction of sp³-hybridized carbons (Fsp3) is 0. The van der Waals surface area contributed by atoms with Gasteiger partial charge in [-0.05, 0) is 19.6 Å². The third-order valence-corrected chi connectivity index (χ3v) is 4.09. The number of hydrogen-bond acceptors (Lipinski definition) is 0.